The molecule has 8 heteroatoms. The van der Waals surface area contributed by atoms with Crippen LogP contribution >= 0.6 is 35.7 Å². The van der Waals surface area contributed by atoms with Crippen molar-refractivity contribution in [1.82, 2.24) is 4.90 Å². The summed E-state index contributed by atoms with van der Waals surface area (Å²) in [7, 11) is 0. The zero-order valence-electron chi connectivity index (χ0n) is 12.2. The number of carboxylic acid groups (broad SMARTS) is 1. The number of nitrogens with zero attached hydrogens (tertiary/aromatic N) is 1. The molecular formula is C15H14NO4S3-. The number of thioether (sulfide) groups is 2. The maximum atomic E-state index is 12.5. The number of aromatic hydroxyl groups is 1. The van der Waals surface area contributed by atoms with Crippen molar-refractivity contribution in [3.05, 3.63) is 34.7 Å². The second-order valence-electron chi connectivity index (χ2n) is 4.76. The maximum absolute atomic E-state index is 12.5. The number of hydrogen-bond acceptors (Lipinski definition) is 7. The average Bonchev–Trinajstić information content (AvgIpc) is 2.77. The number of carboxylic acids is 1. The molecule has 1 atom stereocenters. The molecule has 1 N–H and O–H groups in total. The summed E-state index contributed by atoms with van der Waals surface area (Å²) in [6.07, 6.45) is 3.77. The van der Waals surface area contributed by atoms with Crippen LogP contribution < -0.4 is 5.11 Å². The summed E-state index contributed by atoms with van der Waals surface area (Å²) < 4.78 is 0.218. The fourth-order valence-electron chi connectivity index (χ4n) is 2.05. The van der Waals surface area contributed by atoms with Gasteiger partial charge in [-0.1, -0.05) is 36.1 Å². The van der Waals surface area contributed by atoms with Gasteiger partial charge in [-0.05, 0) is 42.2 Å². The van der Waals surface area contributed by atoms with Crippen molar-refractivity contribution in [3.63, 3.8) is 0 Å². The van der Waals surface area contributed by atoms with Crippen LogP contribution in [0.3, 0.4) is 0 Å². The highest BCUT2D eigenvalue weighted by atomic mass is 32.2. The van der Waals surface area contributed by atoms with Crippen LogP contribution in [0.25, 0.3) is 6.08 Å². The number of benzene rings is 1. The van der Waals surface area contributed by atoms with Crippen LogP contribution in [0, 0.1) is 0 Å². The van der Waals surface area contributed by atoms with Crippen molar-refractivity contribution in [3.8, 4) is 5.75 Å². The van der Waals surface area contributed by atoms with E-state index in [0.29, 0.717) is 10.7 Å². The summed E-state index contributed by atoms with van der Waals surface area (Å²) in [6, 6.07) is 5.28. The van der Waals surface area contributed by atoms with Gasteiger partial charge in [0.25, 0.3) is 5.91 Å². The normalized spacial score (nSPS) is 17.8. The molecule has 1 saturated heterocycles. The van der Waals surface area contributed by atoms with Gasteiger partial charge >= 0.3 is 0 Å². The third-order valence-corrected chi connectivity index (χ3v) is 5.17. The predicted molar refractivity (Wildman–Crippen MR) is 94.9 cm³/mol. The van der Waals surface area contributed by atoms with E-state index >= 15 is 0 Å². The van der Waals surface area contributed by atoms with Gasteiger partial charge in [0, 0.05) is 0 Å². The number of hydrogen-bond donors (Lipinski definition) is 1. The Balaban J connectivity index is 2.24. The molecule has 122 valence electrons. The molecule has 0 saturated carbocycles. The first-order valence-corrected chi connectivity index (χ1v) is 9.31. The van der Waals surface area contributed by atoms with E-state index < -0.39 is 17.9 Å². The van der Waals surface area contributed by atoms with E-state index in [9.17, 15) is 19.8 Å². The van der Waals surface area contributed by atoms with Gasteiger partial charge in [-0.15, -0.1) is 0 Å². The molecule has 5 nitrogen and oxygen atoms in total. The van der Waals surface area contributed by atoms with E-state index in [0.717, 1.165) is 22.2 Å². The second-order valence-corrected chi connectivity index (χ2v) is 7.42. The van der Waals surface area contributed by atoms with Crippen molar-refractivity contribution in [2.45, 2.75) is 12.5 Å². The topological polar surface area (TPSA) is 80.7 Å². The van der Waals surface area contributed by atoms with Crippen LogP contribution in [0.4, 0.5) is 0 Å². The Labute approximate surface area is 147 Å². The highest BCUT2D eigenvalue weighted by Crippen LogP contribution is 2.34. The molecule has 0 aliphatic carbocycles. The summed E-state index contributed by atoms with van der Waals surface area (Å²) in [5, 5.41) is 20.6. The van der Waals surface area contributed by atoms with Gasteiger partial charge in [0.1, 0.15) is 10.1 Å². The molecule has 1 aliphatic heterocycles. The first-order valence-electron chi connectivity index (χ1n) is 6.70. The lowest BCUT2D eigenvalue weighted by Gasteiger charge is -2.27. The van der Waals surface area contributed by atoms with Crippen molar-refractivity contribution in [2.24, 2.45) is 0 Å². The molecule has 2 rings (SSSR count). The monoisotopic (exact) mass is 368 g/mol. The predicted octanol–water partition coefficient (Wildman–Crippen LogP) is 1.46. The van der Waals surface area contributed by atoms with Gasteiger partial charge < -0.3 is 15.0 Å². The van der Waals surface area contributed by atoms with Crippen LogP contribution in [0.5, 0.6) is 5.75 Å². The molecule has 1 aromatic carbocycles. The highest BCUT2D eigenvalue weighted by Gasteiger charge is 2.37. The third-order valence-electron chi connectivity index (χ3n) is 3.19. The Kier molecular flexibility index (Phi) is 6.09. The largest absolute Gasteiger partial charge is 0.548 e. The zero-order chi connectivity index (χ0) is 17.0. The molecule has 1 amide bonds. The van der Waals surface area contributed by atoms with Crippen molar-refractivity contribution in [2.75, 3.05) is 12.0 Å². The van der Waals surface area contributed by atoms with Gasteiger partial charge in [0.15, 0.2) is 0 Å². The average molecular weight is 368 g/mol. The second kappa shape index (κ2) is 7.85. The number of amides is 1. The van der Waals surface area contributed by atoms with Crippen LogP contribution in [0.15, 0.2) is 29.2 Å². The minimum atomic E-state index is -1.30. The van der Waals surface area contributed by atoms with Gasteiger partial charge in [0.05, 0.1) is 16.9 Å². The molecule has 1 heterocycles. The summed E-state index contributed by atoms with van der Waals surface area (Å²) in [5.41, 5.74) is 0.720. The quantitative estimate of drug-likeness (QED) is 0.601. The van der Waals surface area contributed by atoms with E-state index in [2.05, 4.69) is 0 Å². The Morgan fingerprint density at radius 1 is 1.48 bits per heavy atom. The molecule has 0 bridgehead atoms. The molecule has 0 radical (unpaired) electrons. The molecular weight excluding hydrogens is 354 g/mol. The summed E-state index contributed by atoms with van der Waals surface area (Å²) >= 11 is 7.73. The lowest BCUT2D eigenvalue weighted by atomic mass is 10.1. The minimum Gasteiger partial charge on any atom is -0.548 e. The summed E-state index contributed by atoms with van der Waals surface area (Å²) in [5.74, 6) is -1.01. The lowest BCUT2D eigenvalue weighted by molar-refractivity contribution is -0.310. The standard InChI is InChI=1S/C15H15NO4S3/c1-22-7-6-11(14(19)20)16-13(18)12(23-15(16)21)8-9-2-4-10(17)5-3-9/h2-5,8,11,17H,6-7H2,1H3,(H,19,20)/p-1/b12-8+/t11-/m0/s1. The van der Waals surface area contributed by atoms with Crippen LogP contribution in [0.1, 0.15) is 12.0 Å². The fourth-order valence-corrected chi connectivity index (χ4v) is 3.87. The van der Waals surface area contributed by atoms with Crippen LogP contribution in [-0.4, -0.2) is 44.3 Å². The van der Waals surface area contributed by atoms with Crippen molar-refractivity contribution in [1.29, 1.82) is 0 Å². The zero-order valence-corrected chi connectivity index (χ0v) is 14.7. The molecule has 1 fully saturated rings. The lowest BCUT2D eigenvalue weighted by Crippen LogP contribution is -2.50. The summed E-state index contributed by atoms with van der Waals surface area (Å²) in [6.45, 7) is 0. The van der Waals surface area contributed by atoms with E-state index in [4.69, 9.17) is 12.2 Å². The first kappa shape index (κ1) is 17.8. The summed E-state index contributed by atoms with van der Waals surface area (Å²) in [4.78, 5) is 25.3. The minimum absolute atomic E-state index is 0.129. The van der Waals surface area contributed by atoms with Gasteiger partial charge in [-0.25, -0.2) is 0 Å². The SMILES string of the molecule is CSCC[C@@H](C(=O)[O-])N1C(=O)/C(=C\c2ccc(O)cc2)SC1=S. The van der Waals surface area contributed by atoms with Crippen molar-refractivity contribution >= 4 is 58.0 Å². The Bertz CT molecular complexity index is 657. The third kappa shape index (κ3) is 4.27. The number of thiocarbonyl (C=S) groups is 1. The maximum Gasteiger partial charge on any atom is 0.266 e. The number of aliphatic carboxylic acids is 1. The molecule has 0 unspecified atom stereocenters. The van der Waals surface area contributed by atoms with Gasteiger partial charge in [-0.2, -0.15) is 11.8 Å². The van der Waals surface area contributed by atoms with Crippen molar-refractivity contribution < 1.29 is 19.8 Å². The van der Waals surface area contributed by atoms with Gasteiger partial charge in [0.2, 0.25) is 0 Å². The molecule has 1 aromatic rings. The van der Waals surface area contributed by atoms with E-state index in [1.165, 1.54) is 23.9 Å². The number of phenolic OH excluding ortho intramolecular Hbond substituents is 1. The Morgan fingerprint density at radius 3 is 2.70 bits per heavy atom. The van der Waals surface area contributed by atoms with Crippen LogP contribution in [-0.2, 0) is 9.59 Å². The van der Waals surface area contributed by atoms with E-state index in [1.54, 1.807) is 18.2 Å². The molecule has 1 aliphatic rings. The molecule has 0 aromatic heterocycles. The molecule has 23 heavy (non-hydrogen) atoms. The number of carbonyl (C=O) groups is 2. The highest BCUT2D eigenvalue weighted by molar-refractivity contribution is 8.26. The van der Waals surface area contributed by atoms with Gasteiger partial charge in [-0.3, -0.25) is 9.69 Å². The Morgan fingerprint density at radius 2 is 2.13 bits per heavy atom. The number of phenols is 1. The molecule has 0 spiro atoms. The number of rotatable bonds is 6. The fraction of sp³-hybridized carbons (Fsp3) is 0.267. The van der Waals surface area contributed by atoms with Crippen LogP contribution in [0.2, 0.25) is 0 Å². The smallest absolute Gasteiger partial charge is 0.266 e. The van der Waals surface area contributed by atoms with E-state index in [1.807, 2.05) is 6.26 Å². The Hall–Kier alpha value is -1.51. The van der Waals surface area contributed by atoms with E-state index in [-0.39, 0.29) is 16.5 Å². The number of carbonyl (C=O) groups excluding carboxylic acids is 2. The first-order chi connectivity index (χ1) is 10.9.